The van der Waals surface area contributed by atoms with Crippen LogP contribution in [0.4, 0.5) is 0 Å². The predicted octanol–water partition coefficient (Wildman–Crippen LogP) is 3.69. The fourth-order valence-electron chi connectivity index (χ4n) is 3.13. The van der Waals surface area contributed by atoms with Gasteiger partial charge in [0.25, 0.3) is 0 Å². The van der Waals surface area contributed by atoms with Gasteiger partial charge in [-0.1, -0.05) is 12.1 Å². The summed E-state index contributed by atoms with van der Waals surface area (Å²) in [5, 5.41) is 3.71. The Morgan fingerprint density at radius 2 is 2.00 bits per heavy atom. The molecule has 0 spiro atoms. The largest absolute Gasteiger partial charge is 0.497 e. The molecule has 20 heavy (non-hydrogen) atoms. The van der Waals surface area contributed by atoms with E-state index in [1.54, 1.807) is 7.11 Å². The molecule has 2 unspecified atom stereocenters. The zero-order valence-corrected chi connectivity index (χ0v) is 13.5. The summed E-state index contributed by atoms with van der Waals surface area (Å²) in [6.07, 6.45) is 1.02. The molecular weight excluding hydrogens is 250 g/mol. The first kappa shape index (κ1) is 15.3. The lowest BCUT2D eigenvalue weighted by Gasteiger charge is -2.30. The van der Waals surface area contributed by atoms with Gasteiger partial charge in [0.15, 0.2) is 0 Å². The minimum Gasteiger partial charge on any atom is -0.497 e. The van der Waals surface area contributed by atoms with E-state index >= 15 is 0 Å². The normalized spacial score (nSPS) is 25.4. The van der Waals surface area contributed by atoms with Crippen molar-refractivity contribution in [3.05, 3.63) is 29.8 Å². The van der Waals surface area contributed by atoms with Crippen LogP contribution in [0.3, 0.4) is 0 Å². The van der Waals surface area contributed by atoms with E-state index < -0.39 is 0 Å². The topological polar surface area (TPSA) is 30.5 Å². The summed E-state index contributed by atoms with van der Waals surface area (Å²) < 4.78 is 11.4. The van der Waals surface area contributed by atoms with E-state index in [2.05, 4.69) is 52.1 Å². The van der Waals surface area contributed by atoms with Gasteiger partial charge in [0.05, 0.1) is 18.3 Å². The number of hydrogen-bond acceptors (Lipinski definition) is 3. The number of benzene rings is 1. The lowest BCUT2D eigenvalue weighted by molar-refractivity contribution is -0.0703. The molecule has 0 aliphatic carbocycles. The first-order valence-corrected chi connectivity index (χ1v) is 7.34. The van der Waals surface area contributed by atoms with Gasteiger partial charge in [-0.15, -0.1) is 0 Å². The van der Waals surface area contributed by atoms with Gasteiger partial charge in [0.2, 0.25) is 0 Å². The molecule has 112 valence electrons. The molecule has 1 aromatic carbocycles. The first-order chi connectivity index (χ1) is 9.23. The highest BCUT2D eigenvalue weighted by Crippen LogP contribution is 2.38. The van der Waals surface area contributed by atoms with E-state index in [1.807, 2.05) is 12.1 Å². The number of hydrogen-bond donors (Lipinski definition) is 1. The van der Waals surface area contributed by atoms with E-state index in [4.69, 9.17) is 9.47 Å². The molecule has 3 heteroatoms. The zero-order chi connectivity index (χ0) is 15.0. The summed E-state index contributed by atoms with van der Waals surface area (Å²) in [5.41, 5.74) is 1.04. The maximum absolute atomic E-state index is 6.14. The Morgan fingerprint density at radius 1 is 1.30 bits per heavy atom. The Balaban J connectivity index is 2.09. The average molecular weight is 277 g/mol. The molecule has 1 heterocycles. The van der Waals surface area contributed by atoms with Crippen molar-refractivity contribution in [3.8, 4) is 5.75 Å². The maximum Gasteiger partial charge on any atom is 0.119 e. The van der Waals surface area contributed by atoms with Crippen LogP contribution < -0.4 is 10.1 Å². The molecule has 1 aliphatic heterocycles. The van der Waals surface area contributed by atoms with Crippen molar-refractivity contribution < 1.29 is 9.47 Å². The average Bonchev–Trinajstić information content (AvgIpc) is 2.57. The van der Waals surface area contributed by atoms with Crippen molar-refractivity contribution in [3.63, 3.8) is 0 Å². The van der Waals surface area contributed by atoms with Crippen molar-refractivity contribution >= 4 is 0 Å². The molecule has 3 nitrogen and oxygen atoms in total. The van der Waals surface area contributed by atoms with Gasteiger partial charge in [0.1, 0.15) is 5.75 Å². The van der Waals surface area contributed by atoms with Gasteiger partial charge in [-0.2, -0.15) is 0 Å². The molecule has 0 radical (unpaired) electrons. The van der Waals surface area contributed by atoms with Crippen LogP contribution in [0.25, 0.3) is 0 Å². The molecule has 0 bridgehead atoms. The van der Waals surface area contributed by atoms with Crippen molar-refractivity contribution in [1.82, 2.24) is 5.32 Å². The van der Waals surface area contributed by atoms with Crippen LogP contribution in [0, 0.1) is 0 Å². The third-order valence-corrected chi connectivity index (χ3v) is 4.12. The van der Waals surface area contributed by atoms with Crippen molar-refractivity contribution in [2.75, 3.05) is 7.11 Å². The van der Waals surface area contributed by atoms with Gasteiger partial charge < -0.3 is 14.8 Å². The quantitative estimate of drug-likeness (QED) is 0.910. The lowest BCUT2D eigenvalue weighted by Crippen LogP contribution is -2.44. The molecule has 1 aromatic rings. The molecule has 0 amide bonds. The lowest BCUT2D eigenvalue weighted by atomic mass is 9.93. The summed E-state index contributed by atoms with van der Waals surface area (Å²) in [5.74, 6) is 0.901. The van der Waals surface area contributed by atoms with Crippen LogP contribution in [0.5, 0.6) is 5.75 Å². The molecule has 2 rings (SSSR count). The zero-order valence-electron chi connectivity index (χ0n) is 13.5. The van der Waals surface area contributed by atoms with Crippen LogP contribution >= 0.6 is 0 Å². The van der Waals surface area contributed by atoms with E-state index in [1.165, 1.54) is 5.56 Å². The summed E-state index contributed by atoms with van der Waals surface area (Å²) in [4.78, 5) is 0. The smallest absolute Gasteiger partial charge is 0.119 e. The predicted molar refractivity (Wildman–Crippen MR) is 82.2 cm³/mol. The van der Waals surface area contributed by atoms with Crippen LogP contribution in [0.15, 0.2) is 24.3 Å². The Hall–Kier alpha value is -1.06. The first-order valence-electron chi connectivity index (χ1n) is 7.34. The molecule has 1 fully saturated rings. The summed E-state index contributed by atoms with van der Waals surface area (Å²) in [6.45, 7) is 10.8. The molecule has 2 atom stereocenters. The highest BCUT2D eigenvalue weighted by molar-refractivity contribution is 5.30. The van der Waals surface area contributed by atoms with Crippen LogP contribution in [0.2, 0.25) is 0 Å². The van der Waals surface area contributed by atoms with Gasteiger partial charge >= 0.3 is 0 Å². The fourth-order valence-corrected chi connectivity index (χ4v) is 3.13. The number of rotatable bonds is 4. The Bertz CT molecular complexity index is 468. The van der Waals surface area contributed by atoms with Gasteiger partial charge in [-0.05, 0) is 58.7 Å². The van der Waals surface area contributed by atoms with E-state index in [0.717, 1.165) is 12.2 Å². The third-order valence-electron chi connectivity index (χ3n) is 4.12. The minimum absolute atomic E-state index is 0.0603. The second kappa shape index (κ2) is 5.38. The van der Waals surface area contributed by atoms with Crippen LogP contribution in [0.1, 0.15) is 52.6 Å². The van der Waals surface area contributed by atoms with Crippen molar-refractivity contribution in [2.45, 2.75) is 64.3 Å². The monoisotopic (exact) mass is 277 g/mol. The van der Waals surface area contributed by atoms with Crippen LogP contribution in [-0.2, 0) is 4.74 Å². The highest BCUT2D eigenvalue weighted by atomic mass is 16.5. The molecule has 1 saturated heterocycles. The summed E-state index contributed by atoms with van der Waals surface area (Å²) >= 11 is 0. The number of methoxy groups -OCH3 is 1. The van der Waals surface area contributed by atoms with Crippen molar-refractivity contribution in [1.29, 1.82) is 0 Å². The maximum atomic E-state index is 6.14. The number of nitrogens with one attached hydrogen (secondary N) is 1. The van der Waals surface area contributed by atoms with E-state index in [9.17, 15) is 0 Å². The molecule has 1 aliphatic rings. The van der Waals surface area contributed by atoms with Crippen LogP contribution in [-0.4, -0.2) is 24.4 Å². The van der Waals surface area contributed by atoms with Crippen molar-refractivity contribution in [2.24, 2.45) is 0 Å². The van der Waals surface area contributed by atoms with Gasteiger partial charge in [-0.3, -0.25) is 0 Å². The summed E-state index contributed by atoms with van der Waals surface area (Å²) in [6, 6.07) is 8.85. The SMILES string of the molecule is COc1cccc(C(C)NC2CC(C)(C)OC2(C)C)c1. The van der Waals surface area contributed by atoms with Gasteiger partial charge in [-0.25, -0.2) is 0 Å². The van der Waals surface area contributed by atoms with E-state index in [-0.39, 0.29) is 17.2 Å². The Morgan fingerprint density at radius 3 is 2.55 bits per heavy atom. The second-order valence-electron chi connectivity index (χ2n) is 6.89. The second-order valence-corrected chi connectivity index (χ2v) is 6.89. The molecule has 0 aromatic heterocycles. The molecule has 1 N–H and O–H groups in total. The summed E-state index contributed by atoms with van der Waals surface area (Å²) in [7, 11) is 1.70. The Labute approximate surface area is 122 Å². The van der Waals surface area contributed by atoms with Gasteiger partial charge in [0, 0.05) is 12.1 Å². The third kappa shape index (κ3) is 3.33. The molecular formula is C17H27NO2. The standard InChI is InChI=1S/C17H27NO2/c1-12(13-8-7-9-14(10-13)19-6)18-15-11-16(2,3)20-17(15,4)5/h7-10,12,15,18H,11H2,1-6H3. The fraction of sp³-hybridized carbons (Fsp3) is 0.647. The van der Waals surface area contributed by atoms with E-state index in [0.29, 0.717) is 6.04 Å². The minimum atomic E-state index is -0.142. The number of ether oxygens (including phenoxy) is 2. The highest BCUT2D eigenvalue weighted by Gasteiger charge is 2.46. The Kier molecular flexibility index (Phi) is 4.12. The molecule has 0 saturated carbocycles.